The quantitative estimate of drug-likeness (QED) is 0.688. The van der Waals surface area contributed by atoms with E-state index in [2.05, 4.69) is 4.72 Å². The van der Waals surface area contributed by atoms with E-state index in [4.69, 9.17) is 4.74 Å². The summed E-state index contributed by atoms with van der Waals surface area (Å²) in [5.74, 6) is -0.649. The van der Waals surface area contributed by atoms with Crippen molar-refractivity contribution in [3.8, 4) is 0 Å². The number of carbonyl (C=O) groups excluding carboxylic acids is 2. The molecule has 1 saturated heterocycles. The largest absolute Gasteiger partial charge is 0.466 e. The summed E-state index contributed by atoms with van der Waals surface area (Å²) in [5.41, 5.74) is 2.53. The lowest BCUT2D eigenvalue weighted by Gasteiger charge is -2.31. The number of benzene rings is 2. The summed E-state index contributed by atoms with van der Waals surface area (Å²) in [5, 5.41) is 0. The SMILES string of the molecule is CCOC(=O)C1CCN(C(=O)c2cc(S(=O)(=O)Nc3ccc(C)cc3)ccc2C)CC1. The first-order valence-electron chi connectivity index (χ1n) is 10.4. The molecule has 1 aliphatic heterocycles. The second kappa shape index (κ2) is 9.51. The molecule has 31 heavy (non-hydrogen) atoms. The minimum Gasteiger partial charge on any atom is -0.466 e. The Morgan fingerprint density at radius 3 is 2.32 bits per heavy atom. The van der Waals surface area contributed by atoms with Crippen molar-refractivity contribution in [1.82, 2.24) is 4.90 Å². The van der Waals surface area contributed by atoms with Crippen LogP contribution in [0.4, 0.5) is 5.69 Å². The molecule has 0 radical (unpaired) electrons. The lowest BCUT2D eigenvalue weighted by molar-refractivity contribution is -0.149. The molecule has 0 spiro atoms. The lowest BCUT2D eigenvalue weighted by atomic mass is 9.96. The zero-order chi connectivity index (χ0) is 22.6. The molecule has 1 amide bonds. The number of rotatable bonds is 6. The number of esters is 1. The number of ether oxygens (including phenoxy) is 1. The van der Waals surface area contributed by atoms with Crippen LogP contribution in [-0.2, 0) is 19.6 Å². The summed E-state index contributed by atoms with van der Waals surface area (Å²) in [6.45, 7) is 6.68. The second-order valence-electron chi connectivity index (χ2n) is 7.77. The molecular formula is C23H28N2O5S. The zero-order valence-electron chi connectivity index (χ0n) is 18.1. The van der Waals surface area contributed by atoms with E-state index in [0.717, 1.165) is 5.56 Å². The van der Waals surface area contributed by atoms with Gasteiger partial charge in [0.1, 0.15) is 0 Å². The number of piperidine rings is 1. The van der Waals surface area contributed by atoms with Crippen molar-refractivity contribution in [3.05, 3.63) is 59.2 Å². The number of aryl methyl sites for hydroxylation is 2. The Bertz CT molecular complexity index is 1060. The fourth-order valence-corrected chi connectivity index (χ4v) is 4.67. The molecule has 3 rings (SSSR count). The van der Waals surface area contributed by atoms with Gasteiger partial charge in [-0.05, 0) is 63.4 Å². The van der Waals surface area contributed by atoms with Gasteiger partial charge in [0.2, 0.25) is 0 Å². The predicted octanol–water partition coefficient (Wildman–Crippen LogP) is 3.52. The number of likely N-dealkylation sites (tertiary alicyclic amines) is 1. The van der Waals surface area contributed by atoms with E-state index in [1.54, 1.807) is 36.9 Å². The molecule has 1 N–H and O–H groups in total. The average Bonchev–Trinajstić information content (AvgIpc) is 2.75. The highest BCUT2D eigenvalue weighted by Crippen LogP contribution is 2.24. The third-order valence-electron chi connectivity index (χ3n) is 5.46. The maximum absolute atomic E-state index is 13.1. The van der Waals surface area contributed by atoms with Crippen LogP contribution < -0.4 is 4.72 Å². The Labute approximate surface area is 183 Å². The summed E-state index contributed by atoms with van der Waals surface area (Å²) < 4.78 is 33.3. The minimum atomic E-state index is -3.84. The van der Waals surface area contributed by atoms with Crippen LogP contribution in [0.1, 0.15) is 41.3 Å². The van der Waals surface area contributed by atoms with Crippen molar-refractivity contribution < 1.29 is 22.7 Å². The molecule has 0 bridgehead atoms. The van der Waals surface area contributed by atoms with Crippen molar-refractivity contribution in [2.45, 2.75) is 38.5 Å². The molecule has 2 aromatic carbocycles. The number of anilines is 1. The zero-order valence-corrected chi connectivity index (χ0v) is 18.9. The van der Waals surface area contributed by atoms with E-state index in [9.17, 15) is 18.0 Å². The monoisotopic (exact) mass is 444 g/mol. The Kier molecular flexibility index (Phi) is 7.00. The fourth-order valence-electron chi connectivity index (χ4n) is 3.58. The summed E-state index contributed by atoms with van der Waals surface area (Å²) in [4.78, 5) is 26.7. The topological polar surface area (TPSA) is 92.8 Å². The number of sulfonamides is 1. The molecule has 1 heterocycles. The maximum Gasteiger partial charge on any atom is 0.309 e. The molecule has 1 fully saturated rings. The van der Waals surface area contributed by atoms with E-state index in [-0.39, 0.29) is 22.7 Å². The highest BCUT2D eigenvalue weighted by molar-refractivity contribution is 7.92. The Hall–Kier alpha value is -2.87. The second-order valence-corrected chi connectivity index (χ2v) is 9.45. The Morgan fingerprint density at radius 2 is 1.71 bits per heavy atom. The van der Waals surface area contributed by atoms with Crippen LogP contribution in [0.5, 0.6) is 0 Å². The van der Waals surface area contributed by atoms with Gasteiger partial charge in [0.15, 0.2) is 0 Å². The van der Waals surface area contributed by atoms with Gasteiger partial charge < -0.3 is 9.64 Å². The Balaban J connectivity index is 1.75. The highest BCUT2D eigenvalue weighted by atomic mass is 32.2. The third-order valence-corrected chi connectivity index (χ3v) is 6.83. The number of carbonyl (C=O) groups is 2. The molecule has 0 aromatic heterocycles. The van der Waals surface area contributed by atoms with Crippen molar-refractivity contribution in [2.75, 3.05) is 24.4 Å². The molecule has 0 unspecified atom stereocenters. The molecule has 8 heteroatoms. The van der Waals surface area contributed by atoms with Gasteiger partial charge in [-0.2, -0.15) is 0 Å². The minimum absolute atomic E-state index is 0.0310. The molecule has 2 aromatic rings. The van der Waals surface area contributed by atoms with Crippen LogP contribution in [0.3, 0.4) is 0 Å². The van der Waals surface area contributed by atoms with E-state index in [1.807, 2.05) is 19.1 Å². The van der Waals surface area contributed by atoms with Gasteiger partial charge in [-0.25, -0.2) is 8.42 Å². The van der Waals surface area contributed by atoms with Gasteiger partial charge in [0.05, 0.1) is 17.4 Å². The third kappa shape index (κ3) is 5.44. The smallest absolute Gasteiger partial charge is 0.309 e. The summed E-state index contributed by atoms with van der Waals surface area (Å²) >= 11 is 0. The first-order valence-corrected chi connectivity index (χ1v) is 11.9. The van der Waals surface area contributed by atoms with E-state index in [0.29, 0.717) is 49.4 Å². The lowest BCUT2D eigenvalue weighted by Crippen LogP contribution is -2.41. The van der Waals surface area contributed by atoms with Gasteiger partial charge in [0.25, 0.3) is 15.9 Å². The van der Waals surface area contributed by atoms with Crippen LogP contribution in [0, 0.1) is 19.8 Å². The number of hydrogen-bond acceptors (Lipinski definition) is 5. The van der Waals surface area contributed by atoms with E-state index < -0.39 is 10.0 Å². The molecule has 7 nitrogen and oxygen atoms in total. The molecule has 0 aliphatic carbocycles. The van der Waals surface area contributed by atoms with Crippen LogP contribution in [-0.4, -0.2) is 44.9 Å². The van der Waals surface area contributed by atoms with Crippen molar-refractivity contribution >= 4 is 27.6 Å². The average molecular weight is 445 g/mol. The molecule has 0 saturated carbocycles. The highest BCUT2D eigenvalue weighted by Gasteiger charge is 2.29. The Morgan fingerprint density at radius 1 is 1.06 bits per heavy atom. The van der Waals surface area contributed by atoms with Gasteiger partial charge in [-0.1, -0.05) is 23.8 Å². The van der Waals surface area contributed by atoms with Gasteiger partial charge in [0, 0.05) is 24.3 Å². The first kappa shape index (κ1) is 22.8. The number of nitrogens with zero attached hydrogens (tertiary/aromatic N) is 1. The predicted molar refractivity (Wildman–Crippen MR) is 118 cm³/mol. The van der Waals surface area contributed by atoms with Crippen LogP contribution in [0.25, 0.3) is 0 Å². The van der Waals surface area contributed by atoms with Crippen molar-refractivity contribution in [3.63, 3.8) is 0 Å². The summed E-state index contributed by atoms with van der Waals surface area (Å²) in [6, 6.07) is 11.6. The van der Waals surface area contributed by atoms with E-state index in [1.165, 1.54) is 12.1 Å². The number of amides is 1. The van der Waals surface area contributed by atoms with Crippen LogP contribution in [0.15, 0.2) is 47.4 Å². The molecule has 1 aliphatic rings. The van der Waals surface area contributed by atoms with Gasteiger partial charge in [-0.15, -0.1) is 0 Å². The molecule has 0 atom stereocenters. The van der Waals surface area contributed by atoms with Crippen molar-refractivity contribution in [2.24, 2.45) is 5.92 Å². The summed E-state index contributed by atoms with van der Waals surface area (Å²) in [6.07, 6.45) is 1.08. The van der Waals surface area contributed by atoms with Gasteiger partial charge in [-0.3, -0.25) is 14.3 Å². The summed E-state index contributed by atoms with van der Waals surface area (Å²) in [7, 11) is -3.84. The van der Waals surface area contributed by atoms with Crippen LogP contribution in [0.2, 0.25) is 0 Å². The first-order chi connectivity index (χ1) is 14.7. The molecule has 166 valence electrons. The maximum atomic E-state index is 13.1. The molecular weight excluding hydrogens is 416 g/mol. The number of hydrogen-bond donors (Lipinski definition) is 1. The van der Waals surface area contributed by atoms with Gasteiger partial charge >= 0.3 is 5.97 Å². The normalized spacial score (nSPS) is 14.9. The standard InChI is InChI=1S/C23H28N2O5S/c1-4-30-23(27)18-11-13-25(14-12-18)22(26)21-15-20(10-7-17(21)3)31(28,29)24-19-8-5-16(2)6-9-19/h5-10,15,18,24H,4,11-14H2,1-3H3. The number of nitrogens with one attached hydrogen (secondary N) is 1. The van der Waals surface area contributed by atoms with E-state index >= 15 is 0 Å². The fraction of sp³-hybridized carbons (Fsp3) is 0.391. The van der Waals surface area contributed by atoms with Crippen molar-refractivity contribution in [1.29, 1.82) is 0 Å². The van der Waals surface area contributed by atoms with Crippen LogP contribution >= 0.6 is 0 Å².